The van der Waals surface area contributed by atoms with Gasteiger partial charge in [-0.2, -0.15) is 4.31 Å². The summed E-state index contributed by atoms with van der Waals surface area (Å²) in [4.78, 5) is 40.7. The van der Waals surface area contributed by atoms with Gasteiger partial charge in [0.15, 0.2) is 0 Å². The lowest BCUT2D eigenvalue weighted by Gasteiger charge is -2.28. The molecule has 1 saturated heterocycles. The van der Waals surface area contributed by atoms with Gasteiger partial charge in [-0.05, 0) is 42.2 Å². The van der Waals surface area contributed by atoms with Crippen molar-refractivity contribution in [2.45, 2.75) is 62.3 Å². The molecule has 0 unspecified atom stereocenters. The van der Waals surface area contributed by atoms with Gasteiger partial charge in [-0.15, -0.1) is 5.10 Å². The minimum Gasteiger partial charge on any atom is -0.497 e. The number of sulfonamides is 1. The predicted octanol–water partition coefficient (Wildman–Crippen LogP) is 0.789. The third kappa shape index (κ3) is 6.54. The van der Waals surface area contributed by atoms with Crippen LogP contribution in [-0.2, 0) is 37.4 Å². The van der Waals surface area contributed by atoms with Crippen molar-refractivity contribution < 1.29 is 27.5 Å². The van der Waals surface area contributed by atoms with E-state index in [9.17, 15) is 22.8 Å². The van der Waals surface area contributed by atoms with Gasteiger partial charge in [0.25, 0.3) is 0 Å². The van der Waals surface area contributed by atoms with Crippen LogP contribution < -0.4 is 20.7 Å². The Morgan fingerprint density at radius 1 is 0.977 bits per heavy atom. The summed E-state index contributed by atoms with van der Waals surface area (Å²) in [5.74, 6) is -1.44. The number of hydrogen-bond acceptors (Lipinski definition) is 8. The second-order valence-electron chi connectivity index (χ2n) is 11.0. The fraction of sp³-hybridized carbons (Fsp3) is 0.414. The molecule has 1 aromatic heterocycles. The van der Waals surface area contributed by atoms with E-state index in [1.54, 1.807) is 20.0 Å². The van der Waals surface area contributed by atoms with E-state index in [1.165, 1.54) is 36.1 Å². The number of nitrogens with zero attached hydrogens (tertiary/aromatic N) is 4. The van der Waals surface area contributed by atoms with Gasteiger partial charge in [0.2, 0.25) is 27.7 Å². The van der Waals surface area contributed by atoms with Crippen molar-refractivity contribution in [1.29, 1.82) is 0 Å². The van der Waals surface area contributed by atoms with E-state index in [1.807, 2.05) is 30.3 Å². The molecular weight excluding hydrogens is 574 g/mol. The molecule has 2 aromatic carbocycles. The van der Waals surface area contributed by atoms with Crippen LogP contribution in [0.3, 0.4) is 0 Å². The van der Waals surface area contributed by atoms with Gasteiger partial charge in [0.1, 0.15) is 29.6 Å². The van der Waals surface area contributed by atoms with Crippen molar-refractivity contribution >= 4 is 27.7 Å². The zero-order valence-corrected chi connectivity index (χ0v) is 25.0. The number of carbonyl (C=O) groups excluding carboxylic acids is 3. The maximum atomic E-state index is 13.8. The first-order chi connectivity index (χ1) is 20.6. The molecule has 43 heavy (non-hydrogen) atoms. The number of nitrogens with one attached hydrogen (secondary N) is 3. The molecule has 1 fully saturated rings. The molecular formula is C29H35N7O6S. The molecule has 0 saturated carbocycles. The molecule has 0 radical (unpaired) electrons. The first kappa shape index (κ1) is 30.2. The summed E-state index contributed by atoms with van der Waals surface area (Å²) in [6.07, 6.45) is 1.96. The van der Waals surface area contributed by atoms with Crippen LogP contribution in [0.5, 0.6) is 5.75 Å². The number of rotatable bonds is 6. The molecule has 3 aromatic rings. The van der Waals surface area contributed by atoms with Crippen molar-refractivity contribution in [1.82, 2.24) is 35.2 Å². The lowest BCUT2D eigenvalue weighted by atomic mass is 10.0. The van der Waals surface area contributed by atoms with Gasteiger partial charge in [-0.3, -0.25) is 14.4 Å². The standard InChI is InChI=1S/C29H35N7O6S/c1-18(2)26-29(39)31-24(13-19-7-5-4-6-8-19)27(37)30-15-20-16-35(34-33-20)21-14-25(28(38)32-26)36(17-21)43(40,41)23-11-9-22(42-3)10-12-23/h4-12,16,18,21,24-26H,13-15,17H2,1-3H3,(H,30,37)(H,31,39)(H,32,38)/t21-,24+,25-,26-/m0/s1. The van der Waals surface area contributed by atoms with Crippen LogP contribution in [0.1, 0.15) is 37.6 Å². The number of ether oxygens (including phenoxy) is 1. The fourth-order valence-corrected chi connectivity index (χ4v) is 6.98. The molecule has 3 amide bonds. The van der Waals surface area contributed by atoms with E-state index in [-0.39, 0.29) is 36.7 Å². The molecule has 3 heterocycles. The average molecular weight is 610 g/mol. The summed E-state index contributed by atoms with van der Waals surface area (Å²) in [5.41, 5.74) is 1.29. The molecule has 5 rings (SSSR count). The fourth-order valence-electron chi connectivity index (χ4n) is 5.34. The van der Waals surface area contributed by atoms with E-state index in [0.29, 0.717) is 11.4 Å². The normalized spacial score (nSPS) is 23.6. The van der Waals surface area contributed by atoms with Gasteiger partial charge in [0, 0.05) is 13.0 Å². The summed E-state index contributed by atoms with van der Waals surface area (Å²) in [6.45, 7) is 3.55. The summed E-state index contributed by atoms with van der Waals surface area (Å²) in [5, 5.41) is 16.7. The van der Waals surface area contributed by atoms with Crippen molar-refractivity contribution in [3.63, 3.8) is 0 Å². The molecule has 228 valence electrons. The number of methoxy groups -OCH3 is 1. The number of hydrogen-bond donors (Lipinski definition) is 3. The van der Waals surface area contributed by atoms with Gasteiger partial charge in [-0.25, -0.2) is 13.1 Å². The molecule has 4 atom stereocenters. The van der Waals surface area contributed by atoms with Crippen LogP contribution in [0, 0.1) is 5.92 Å². The van der Waals surface area contributed by atoms with Crippen LogP contribution >= 0.6 is 0 Å². The lowest BCUT2D eigenvalue weighted by molar-refractivity contribution is -0.133. The minimum atomic E-state index is -4.13. The summed E-state index contributed by atoms with van der Waals surface area (Å²) >= 11 is 0. The maximum absolute atomic E-state index is 13.8. The number of fused-ring (bicyclic) bond motifs is 5. The number of carbonyl (C=O) groups is 3. The number of amides is 3. The minimum absolute atomic E-state index is 0.00468. The van der Waals surface area contributed by atoms with E-state index < -0.39 is 51.9 Å². The zero-order chi connectivity index (χ0) is 30.7. The smallest absolute Gasteiger partial charge is 0.243 e. The number of benzene rings is 2. The Bertz CT molecular complexity index is 1580. The Balaban J connectivity index is 1.49. The molecule has 0 aliphatic carbocycles. The van der Waals surface area contributed by atoms with Crippen LogP contribution in [-0.4, -0.2) is 77.2 Å². The topological polar surface area (TPSA) is 165 Å². The van der Waals surface area contributed by atoms with Crippen molar-refractivity contribution in [3.8, 4) is 5.75 Å². The highest BCUT2D eigenvalue weighted by atomic mass is 32.2. The Labute approximate surface area is 250 Å². The van der Waals surface area contributed by atoms with Crippen LogP contribution in [0.15, 0.2) is 65.7 Å². The maximum Gasteiger partial charge on any atom is 0.243 e. The second-order valence-corrected chi connectivity index (χ2v) is 12.9. The Morgan fingerprint density at radius 2 is 1.70 bits per heavy atom. The summed E-state index contributed by atoms with van der Waals surface area (Å²) < 4.78 is 35.5. The first-order valence-electron chi connectivity index (χ1n) is 14.1. The van der Waals surface area contributed by atoms with Crippen molar-refractivity contribution in [2.75, 3.05) is 13.7 Å². The van der Waals surface area contributed by atoms with Gasteiger partial charge >= 0.3 is 0 Å². The summed E-state index contributed by atoms with van der Waals surface area (Å²) in [7, 11) is -2.64. The summed E-state index contributed by atoms with van der Waals surface area (Å²) in [6, 6.07) is 11.6. The SMILES string of the molecule is COc1ccc(S(=O)(=O)N2C[C@@H]3C[C@H]2C(=O)N[C@@H](C(C)C)C(=O)N[C@H](Cc2ccccc2)C(=O)NCc2cn3nn2)cc1. The van der Waals surface area contributed by atoms with E-state index >= 15 is 0 Å². The van der Waals surface area contributed by atoms with Crippen LogP contribution in [0.2, 0.25) is 0 Å². The largest absolute Gasteiger partial charge is 0.497 e. The van der Waals surface area contributed by atoms with Crippen LogP contribution in [0.4, 0.5) is 0 Å². The highest BCUT2D eigenvalue weighted by Crippen LogP contribution is 2.33. The molecule has 3 N–H and O–H groups in total. The molecule has 2 aliphatic heterocycles. The lowest BCUT2D eigenvalue weighted by Crippen LogP contribution is -2.58. The van der Waals surface area contributed by atoms with Crippen molar-refractivity contribution in [3.05, 3.63) is 72.1 Å². The van der Waals surface area contributed by atoms with Gasteiger partial charge in [0.05, 0.1) is 30.8 Å². The molecule has 14 heteroatoms. The quantitative estimate of drug-likeness (QED) is 0.369. The predicted molar refractivity (Wildman–Crippen MR) is 155 cm³/mol. The van der Waals surface area contributed by atoms with Gasteiger partial charge in [-0.1, -0.05) is 49.4 Å². The molecule has 0 spiro atoms. The molecule has 4 bridgehead atoms. The van der Waals surface area contributed by atoms with Gasteiger partial charge < -0.3 is 20.7 Å². The third-order valence-corrected chi connectivity index (χ3v) is 9.63. The highest BCUT2D eigenvalue weighted by Gasteiger charge is 2.46. The Morgan fingerprint density at radius 3 is 2.37 bits per heavy atom. The third-order valence-electron chi connectivity index (χ3n) is 7.74. The molecule has 13 nitrogen and oxygen atoms in total. The number of aromatic nitrogens is 3. The van der Waals surface area contributed by atoms with E-state index in [4.69, 9.17) is 4.74 Å². The first-order valence-corrected chi connectivity index (χ1v) is 15.5. The molecule has 2 aliphatic rings. The monoisotopic (exact) mass is 609 g/mol. The van der Waals surface area contributed by atoms with E-state index in [2.05, 4.69) is 26.3 Å². The van der Waals surface area contributed by atoms with E-state index in [0.717, 1.165) is 9.87 Å². The second kappa shape index (κ2) is 12.5. The zero-order valence-electron chi connectivity index (χ0n) is 24.1. The van der Waals surface area contributed by atoms with Crippen LogP contribution in [0.25, 0.3) is 0 Å². The Hall–Kier alpha value is -4.30. The average Bonchev–Trinajstić information content (AvgIpc) is 3.66. The Kier molecular flexibility index (Phi) is 8.78. The highest BCUT2D eigenvalue weighted by molar-refractivity contribution is 7.89. The van der Waals surface area contributed by atoms with Crippen molar-refractivity contribution in [2.24, 2.45) is 5.92 Å².